The molecule has 0 bridgehead atoms. The molecule has 1 heterocycles. The molecule has 1 saturated heterocycles. The van der Waals surface area contributed by atoms with E-state index in [9.17, 15) is 0 Å². The average molecular weight is 254 g/mol. The highest BCUT2D eigenvalue weighted by atomic mass is 15.2. The molecule has 0 aliphatic carbocycles. The smallest absolute Gasteiger partial charge is 0.0110 e. The summed E-state index contributed by atoms with van der Waals surface area (Å²) in [6.45, 7) is 13.5. The Balaban J connectivity index is 2.28. The Kier molecular flexibility index (Phi) is 7.92. The summed E-state index contributed by atoms with van der Waals surface area (Å²) in [5.41, 5.74) is 0. The molecule has 108 valence electrons. The van der Waals surface area contributed by atoms with Crippen molar-refractivity contribution in [2.75, 3.05) is 39.8 Å². The molecule has 0 spiro atoms. The highest BCUT2D eigenvalue weighted by Crippen LogP contribution is 2.20. The van der Waals surface area contributed by atoms with Gasteiger partial charge in [-0.1, -0.05) is 40.0 Å². The molecule has 0 amide bonds. The van der Waals surface area contributed by atoms with Gasteiger partial charge >= 0.3 is 0 Å². The van der Waals surface area contributed by atoms with Gasteiger partial charge in [0.15, 0.2) is 0 Å². The molecule has 0 N–H and O–H groups in total. The van der Waals surface area contributed by atoms with Crippen molar-refractivity contribution in [3.8, 4) is 0 Å². The quantitative estimate of drug-likeness (QED) is 0.654. The summed E-state index contributed by atoms with van der Waals surface area (Å²) in [7, 11) is 2.24. The summed E-state index contributed by atoms with van der Waals surface area (Å²) in [6, 6.07) is 0. The van der Waals surface area contributed by atoms with Crippen LogP contribution in [0.2, 0.25) is 0 Å². The SMILES string of the molecule is CCCC(CCC(C)CC)CN1CCN(C)CC1. The van der Waals surface area contributed by atoms with Crippen LogP contribution in [0.1, 0.15) is 52.9 Å². The number of likely N-dealkylation sites (N-methyl/N-ethyl adjacent to an activating group) is 1. The molecule has 1 aliphatic heterocycles. The van der Waals surface area contributed by atoms with Gasteiger partial charge in [0.2, 0.25) is 0 Å². The van der Waals surface area contributed by atoms with Crippen LogP contribution in [0.4, 0.5) is 0 Å². The Labute approximate surface area is 115 Å². The van der Waals surface area contributed by atoms with Crippen molar-refractivity contribution in [1.29, 1.82) is 0 Å². The number of nitrogens with zero attached hydrogens (tertiary/aromatic N) is 2. The third kappa shape index (κ3) is 6.19. The second-order valence-electron chi connectivity index (χ2n) is 6.35. The minimum Gasteiger partial charge on any atom is -0.304 e. The first kappa shape index (κ1) is 16.0. The van der Waals surface area contributed by atoms with E-state index in [0.29, 0.717) is 0 Å². The third-order valence-corrected chi connectivity index (χ3v) is 4.57. The van der Waals surface area contributed by atoms with Crippen LogP contribution in [-0.2, 0) is 0 Å². The largest absolute Gasteiger partial charge is 0.304 e. The lowest BCUT2D eigenvalue weighted by atomic mass is 9.92. The predicted octanol–water partition coefficient (Wildman–Crippen LogP) is 3.48. The normalized spacial score (nSPS) is 22.0. The lowest BCUT2D eigenvalue weighted by Crippen LogP contribution is -2.46. The fourth-order valence-corrected chi connectivity index (χ4v) is 2.86. The molecule has 0 aromatic rings. The summed E-state index contributed by atoms with van der Waals surface area (Å²) < 4.78 is 0. The molecule has 2 heteroatoms. The monoisotopic (exact) mass is 254 g/mol. The molecular weight excluding hydrogens is 220 g/mol. The molecule has 1 rings (SSSR count). The first-order chi connectivity index (χ1) is 8.65. The van der Waals surface area contributed by atoms with Gasteiger partial charge in [-0.25, -0.2) is 0 Å². The van der Waals surface area contributed by atoms with Gasteiger partial charge in [-0.05, 0) is 31.7 Å². The molecule has 0 aromatic carbocycles. The molecule has 0 saturated carbocycles. The zero-order chi connectivity index (χ0) is 13.4. The van der Waals surface area contributed by atoms with Gasteiger partial charge in [-0.3, -0.25) is 0 Å². The summed E-state index contributed by atoms with van der Waals surface area (Å²) in [4.78, 5) is 5.14. The minimum absolute atomic E-state index is 0.914. The van der Waals surface area contributed by atoms with Gasteiger partial charge in [0.1, 0.15) is 0 Å². The Morgan fingerprint density at radius 3 is 2.17 bits per heavy atom. The second kappa shape index (κ2) is 8.92. The van der Waals surface area contributed by atoms with Crippen molar-refractivity contribution in [2.24, 2.45) is 11.8 Å². The molecule has 0 radical (unpaired) electrons. The Hall–Kier alpha value is -0.0800. The van der Waals surface area contributed by atoms with Crippen molar-refractivity contribution in [1.82, 2.24) is 9.80 Å². The van der Waals surface area contributed by atoms with E-state index in [1.54, 1.807) is 0 Å². The van der Waals surface area contributed by atoms with Crippen molar-refractivity contribution in [3.05, 3.63) is 0 Å². The van der Waals surface area contributed by atoms with Crippen LogP contribution >= 0.6 is 0 Å². The maximum Gasteiger partial charge on any atom is 0.0110 e. The van der Waals surface area contributed by atoms with Crippen LogP contribution in [0, 0.1) is 11.8 Å². The molecule has 2 unspecified atom stereocenters. The van der Waals surface area contributed by atoms with Gasteiger partial charge in [0, 0.05) is 32.7 Å². The van der Waals surface area contributed by atoms with Gasteiger partial charge in [-0.2, -0.15) is 0 Å². The number of piperazine rings is 1. The van der Waals surface area contributed by atoms with E-state index in [-0.39, 0.29) is 0 Å². The molecule has 2 atom stereocenters. The highest BCUT2D eigenvalue weighted by molar-refractivity contribution is 4.73. The van der Waals surface area contributed by atoms with Gasteiger partial charge in [-0.15, -0.1) is 0 Å². The Morgan fingerprint density at radius 2 is 1.61 bits per heavy atom. The average Bonchev–Trinajstić information content (AvgIpc) is 2.38. The van der Waals surface area contributed by atoms with Crippen LogP contribution in [0.3, 0.4) is 0 Å². The maximum atomic E-state index is 2.69. The van der Waals surface area contributed by atoms with Crippen molar-refractivity contribution in [2.45, 2.75) is 52.9 Å². The van der Waals surface area contributed by atoms with Crippen LogP contribution in [0.25, 0.3) is 0 Å². The van der Waals surface area contributed by atoms with Crippen LogP contribution in [-0.4, -0.2) is 49.6 Å². The Morgan fingerprint density at radius 1 is 0.944 bits per heavy atom. The van der Waals surface area contributed by atoms with Crippen molar-refractivity contribution < 1.29 is 0 Å². The van der Waals surface area contributed by atoms with E-state index in [4.69, 9.17) is 0 Å². The van der Waals surface area contributed by atoms with Gasteiger partial charge in [0.05, 0.1) is 0 Å². The maximum absolute atomic E-state index is 2.69. The van der Waals surface area contributed by atoms with E-state index in [1.807, 2.05) is 0 Å². The van der Waals surface area contributed by atoms with Gasteiger partial charge < -0.3 is 9.80 Å². The Bertz CT molecular complexity index is 197. The molecule has 1 aliphatic rings. The first-order valence-electron chi connectivity index (χ1n) is 8.06. The summed E-state index contributed by atoms with van der Waals surface area (Å²) >= 11 is 0. The minimum atomic E-state index is 0.914. The van der Waals surface area contributed by atoms with E-state index in [2.05, 4.69) is 37.6 Å². The topological polar surface area (TPSA) is 6.48 Å². The third-order valence-electron chi connectivity index (χ3n) is 4.57. The summed E-state index contributed by atoms with van der Waals surface area (Å²) in [5.74, 6) is 1.85. The zero-order valence-electron chi connectivity index (χ0n) is 13.1. The van der Waals surface area contributed by atoms with E-state index in [1.165, 1.54) is 64.8 Å². The molecule has 0 aromatic heterocycles. The van der Waals surface area contributed by atoms with E-state index < -0.39 is 0 Å². The summed E-state index contributed by atoms with van der Waals surface area (Å²) in [6.07, 6.45) is 6.97. The van der Waals surface area contributed by atoms with Crippen LogP contribution in [0.15, 0.2) is 0 Å². The predicted molar refractivity (Wildman–Crippen MR) is 81.0 cm³/mol. The molecule has 18 heavy (non-hydrogen) atoms. The fraction of sp³-hybridized carbons (Fsp3) is 1.00. The number of hydrogen-bond acceptors (Lipinski definition) is 2. The van der Waals surface area contributed by atoms with E-state index >= 15 is 0 Å². The molecule has 2 nitrogen and oxygen atoms in total. The van der Waals surface area contributed by atoms with Crippen LogP contribution in [0.5, 0.6) is 0 Å². The lowest BCUT2D eigenvalue weighted by molar-refractivity contribution is 0.129. The lowest BCUT2D eigenvalue weighted by Gasteiger charge is -2.35. The standard InChI is InChI=1S/C16H34N2/c1-5-7-16(9-8-15(3)6-2)14-18-12-10-17(4)11-13-18/h15-16H,5-14H2,1-4H3. The van der Waals surface area contributed by atoms with Gasteiger partial charge in [0.25, 0.3) is 0 Å². The second-order valence-corrected chi connectivity index (χ2v) is 6.35. The molecular formula is C16H34N2. The van der Waals surface area contributed by atoms with Crippen molar-refractivity contribution in [3.63, 3.8) is 0 Å². The van der Waals surface area contributed by atoms with Crippen molar-refractivity contribution >= 4 is 0 Å². The number of rotatable bonds is 8. The highest BCUT2D eigenvalue weighted by Gasteiger charge is 2.18. The zero-order valence-corrected chi connectivity index (χ0v) is 13.1. The van der Waals surface area contributed by atoms with Crippen LogP contribution < -0.4 is 0 Å². The first-order valence-corrected chi connectivity index (χ1v) is 8.06. The fourth-order valence-electron chi connectivity index (χ4n) is 2.86. The summed E-state index contributed by atoms with van der Waals surface area (Å²) in [5, 5.41) is 0. The van der Waals surface area contributed by atoms with E-state index in [0.717, 1.165) is 11.8 Å². The molecule has 1 fully saturated rings. The number of hydrogen-bond donors (Lipinski definition) is 0.